The first kappa shape index (κ1) is 10.2. The monoisotopic (exact) mass is 214 g/mol. The molecule has 1 aliphatic carbocycles. The molecule has 0 atom stereocenters. The number of alkyl halides is 3. The highest BCUT2D eigenvalue weighted by Gasteiger charge is 2.38. The van der Waals surface area contributed by atoms with Gasteiger partial charge in [0.2, 0.25) is 0 Å². The first-order chi connectivity index (χ1) is 6.98. The van der Waals surface area contributed by atoms with E-state index in [1.807, 2.05) is 0 Å². The van der Waals surface area contributed by atoms with E-state index < -0.39 is 11.7 Å². The second-order valence-corrected chi connectivity index (χ2v) is 3.73. The lowest BCUT2D eigenvalue weighted by molar-refractivity contribution is -0.139. The van der Waals surface area contributed by atoms with Crippen molar-refractivity contribution in [2.24, 2.45) is 0 Å². The van der Waals surface area contributed by atoms with E-state index in [-0.39, 0.29) is 30.1 Å². The van der Waals surface area contributed by atoms with Gasteiger partial charge < -0.3 is 0 Å². The van der Waals surface area contributed by atoms with E-state index in [0.29, 0.717) is 0 Å². The molecule has 0 amide bonds. The number of benzene rings is 1. The van der Waals surface area contributed by atoms with Crippen molar-refractivity contribution in [3.8, 4) is 0 Å². The Morgan fingerprint density at radius 2 is 1.73 bits per heavy atom. The topological polar surface area (TPSA) is 17.1 Å². The van der Waals surface area contributed by atoms with Crippen LogP contribution >= 0.6 is 0 Å². The molecule has 0 spiro atoms. The minimum absolute atomic E-state index is 0.0389. The van der Waals surface area contributed by atoms with Crippen molar-refractivity contribution < 1.29 is 18.0 Å². The lowest BCUT2D eigenvalue weighted by Gasteiger charge is -2.27. The van der Waals surface area contributed by atoms with Gasteiger partial charge in [-0.25, -0.2) is 0 Å². The zero-order chi connectivity index (χ0) is 11.1. The zero-order valence-electron chi connectivity index (χ0n) is 7.84. The van der Waals surface area contributed by atoms with Crippen molar-refractivity contribution in [3.05, 3.63) is 35.4 Å². The Balaban J connectivity index is 2.35. The van der Waals surface area contributed by atoms with Crippen LogP contribution in [0, 0.1) is 0 Å². The predicted molar refractivity (Wildman–Crippen MR) is 48.4 cm³/mol. The fraction of sp³-hybridized carbons (Fsp3) is 0.364. The smallest absolute Gasteiger partial charge is 0.300 e. The van der Waals surface area contributed by atoms with Gasteiger partial charge in [0, 0.05) is 12.8 Å². The summed E-state index contributed by atoms with van der Waals surface area (Å²) >= 11 is 0. The molecular weight excluding hydrogens is 205 g/mol. The fourth-order valence-corrected chi connectivity index (χ4v) is 1.82. The first-order valence-corrected chi connectivity index (χ1v) is 4.66. The van der Waals surface area contributed by atoms with Crippen LogP contribution in [-0.2, 0) is 11.0 Å². The second kappa shape index (κ2) is 3.36. The van der Waals surface area contributed by atoms with E-state index in [2.05, 4.69) is 0 Å². The van der Waals surface area contributed by atoms with Gasteiger partial charge in [-0.2, -0.15) is 13.2 Å². The van der Waals surface area contributed by atoms with E-state index in [1.54, 1.807) is 6.07 Å². The highest BCUT2D eigenvalue weighted by molar-refractivity contribution is 5.86. The molecule has 0 saturated heterocycles. The van der Waals surface area contributed by atoms with Crippen molar-refractivity contribution >= 4 is 5.78 Å². The van der Waals surface area contributed by atoms with Crippen LogP contribution in [0.3, 0.4) is 0 Å². The van der Waals surface area contributed by atoms with Gasteiger partial charge in [0.1, 0.15) is 5.78 Å². The third kappa shape index (κ3) is 1.89. The molecule has 0 aliphatic heterocycles. The molecule has 0 radical (unpaired) electrons. The highest BCUT2D eigenvalue weighted by atomic mass is 19.4. The van der Waals surface area contributed by atoms with E-state index >= 15 is 0 Å². The molecule has 1 saturated carbocycles. The summed E-state index contributed by atoms with van der Waals surface area (Å²) in [6.45, 7) is 0. The Morgan fingerprint density at radius 1 is 1.13 bits per heavy atom. The van der Waals surface area contributed by atoms with Crippen molar-refractivity contribution in [1.29, 1.82) is 0 Å². The van der Waals surface area contributed by atoms with Gasteiger partial charge in [-0.3, -0.25) is 4.79 Å². The SMILES string of the molecule is O=C1CC(c2ccccc2C(F)(F)F)C1. The molecule has 0 bridgehead atoms. The molecule has 0 N–H and O–H groups in total. The van der Waals surface area contributed by atoms with Crippen molar-refractivity contribution in [2.75, 3.05) is 0 Å². The second-order valence-electron chi connectivity index (χ2n) is 3.73. The van der Waals surface area contributed by atoms with E-state index in [9.17, 15) is 18.0 Å². The maximum Gasteiger partial charge on any atom is 0.416 e. The maximum atomic E-state index is 12.6. The summed E-state index contributed by atoms with van der Waals surface area (Å²) in [5.74, 6) is -0.202. The molecular formula is C11H9F3O. The van der Waals surface area contributed by atoms with E-state index in [1.165, 1.54) is 12.1 Å². The van der Waals surface area contributed by atoms with Gasteiger partial charge in [0.05, 0.1) is 5.56 Å². The van der Waals surface area contributed by atoms with Crippen molar-refractivity contribution in [1.82, 2.24) is 0 Å². The molecule has 0 unspecified atom stereocenters. The molecule has 15 heavy (non-hydrogen) atoms. The third-order valence-corrected chi connectivity index (χ3v) is 2.65. The van der Waals surface area contributed by atoms with E-state index in [0.717, 1.165) is 6.07 Å². The molecule has 80 valence electrons. The third-order valence-electron chi connectivity index (χ3n) is 2.65. The van der Waals surface area contributed by atoms with Gasteiger partial charge in [-0.15, -0.1) is 0 Å². The number of ketones is 1. The summed E-state index contributed by atoms with van der Waals surface area (Å²) in [5.41, 5.74) is -0.355. The number of hydrogen-bond donors (Lipinski definition) is 0. The molecule has 1 aromatic carbocycles. The van der Waals surface area contributed by atoms with Gasteiger partial charge in [0.25, 0.3) is 0 Å². The Morgan fingerprint density at radius 3 is 2.27 bits per heavy atom. The Bertz CT molecular complexity index is 387. The largest absolute Gasteiger partial charge is 0.416 e. The quantitative estimate of drug-likeness (QED) is 0.701. The number of halogens is 3. The van der Waals surface area contributed by atoms with E-state index in [4.69, 9.17) is 0 Å². The lowest BCUT2D eigenvalue weighted by Crippen LogP contribution is -2.24. The molecule has 1 nitrogen and oxygen atoms in total. The minimum atomic E-state index is -4.32. The maximum absolute atomic E-state index is 12.6. The average molecular weight is 214 g/mol. The van der Waals surface area contributed by atoms with Crippen LogP contribution < -0.4 is 0 Å². The summed E-state index contributed by atoms with van der Waals surface area (Å²) in [6.07, 6.45) is -3.84. The molecule has 2 rings (SSSR count). The average Bonchev–Trinajstić information content (AvgIpc) is 2.12. The Hall–Kier alpha value is -1.32. The van der Waals surface area contributed by atoms with Crippen LogP contribution in [0.1, 0.15) is 29.9 Å². The van der Waals surface area contributed by atoms with Crippen LogP contribution in [0.25, 0.3) is 0 Å². The van der Waals surface area contributed by atoms with Gasteiger partial charge >= 0.3 is 6.18 Å². The number of carbonyl (C=O) groups excluding carboxylic acids is 1. The van der Waals surface area contributed by atoms with Gasteiger partial charge in [0.15, 0.2) is 0 Å². The summed E-state index contributed by atoms with van der Waals surface area (Å²) in [7, 11) is 0. The molecule has 4 heteroatoms. The summed E-state index contributed by atoms with van der Waals surface area (Å²) in [6, 6.07) is 5.47. The fourth-order valence-electron chi connectivity index (χ4n) is 1.82. The summed E-state index contributed by atoms with van der Waals surface area (Å²) < 4.78 is 37.7. The highest BCUT2D eigenvalue weighted by Crippen LogP contribution is 2.41. The number of Topliss-reactive ketones (excluding diaryl/α,β-unsaturated/α-hetero) is 1. The number of carbonyl (C=O) groups is 1. The van der Waals surface area contributed by atoms with Crippen molar-refractivity contribution in [2.45, 2.75) is 24.9 Å². The standard InChI is InChI=1S/C11H9F3O/c12-11(13,14)10-4-2-1-3-9(10)7-5-8(15)6-7/h1-4,7H,5-6H2. The van der Waals surface area contributed by atoms with Crippen LogP contribution in [-0.4, -0.2) is 5.78 Å². The van der Waals surface area contributed by atoms with Crippen molar-refractivity contribution in [3.63, 3.8) is 0 Å². The van der Waals surface area contributed by atoms with Gasteiger partial charge in [-0.05, 0) is 17.5 Å². The van der Waals surface area contributed by atoms with Crippen LogP contribution in [0.4, 0.5) is 13.2 Å². The molecule has 0 aromatic heterocycles. The summed E-state index contributed by atoms with van der Waals surface area (Å²) in [4.78, 5) is 10.8. The minimum Gasteiger partial charge on any atom is -0.300 e. The zero-order valence-corrected chi connectivity index (χ0v) is 7.84. The number of hydrogen-bond acceptors (Lipinski definition) is 1. The lowest BCUT2D eigenvalue weighted by atomic mass is 9.77. The van der Waals surface area contributed by atoms with Crippen LogP contribution in [0.15, 0.2) is 24.3 Å². The molecule has 0 heterocycles. The Labute approximate surface area is 84.9 Å². The molecule has 1 fully saturated rings. The normalized spacial score (nSPS) is 17.7. The molecule has 1 aliphatic rings. The number of rotatable bonds is 1. The summed E-state index contributed by atoms with van der Waals surface area (Å²) in [5, 5.41) is 0. The molecule has 1 aromatic rings. The van der Waals surface area contributed by atoms with Gasteiger partial charge in [-0.1, -0.05) is 18.2 Å². The first-order valence-electron chi connectivity index (χ1n) is 4.66. The Kier molecular flexibility index (Phi) is 2.29. The van der Waals surface area contributed by atoms with Crippen LogP contribution in [0.5, 0.6) is 0 Å². The van der Waals surface area contributed by atoms with Crippen LogP contribution in [0.2, 0.25) is 0 Å². The predicted octanol–water partition coefficient (Wildman–Crippen LogP) is 3.15.